The number of ether oxygens (including phenoxy) is 1. The van der Waals surface area contributed by atoms with Gasteiger partial charge >= 0.3 is 5.97 Å². The third-order valence-corrected chi connectivity index (χ3v) is 8.36. The molecule has 10 heteroatoms. The summed E-state index contributed by atoms with van der Waals surface area (Å²) in [6, 6.07) is 20.1. The second kappa shape index (κ2) is 11.7. The zero-order valence-corrected chi connectivity index (χ0v) is 22.1. The summed E-state index contributed by atoms with van der Waals surface area (Å²) in [6.07, 6.45) is 2.85. The molecule has 37 heavy (non-hydrogen) atoms. The maximum atomic E-state index is 12.9. The summed E-state index contributed by atoms with van der Waals surface area (Å²) in [4.78, 5) is 26.9. The number of carbonyl (C=O) groups is 2. The van der Waals surface area contributed by atoms with E-state index in [4.69, 9.17) is 4.74 Å². The van der Waals surface area contributed by atoms with Gasteiger partial charge in [0, 0.05) is 17.1 Å². The summed E-state index contributed by atoms with van der Waals surface area (Å²) in [5.41, 5.74) is 3.70. The van der Waals surface area contributed by atoms with Crippen molar-refractivity contribution in [3.8, 4) is 5.69 Å². The summed E-state index contributed by atoms with van der Waals surface area (Å²) < 4.78 is 7.01. The molecular formula is C27H27N5O3S2. The van der Waals surface area contributed by atoms with Crippen LogP contribution in [0, 0.1) is 0 Å². The number of rotatable bonds is 9. The number of nitrogens with zero attached hydrogens (tertiary/aromatic N) is 4. The van der Waals surface area contributed by atoms with Gasteiger partial charge in [-0.15, -0.1) is 16.4 Å². The van der Waals surface area contributed by atoms with Crippen molar-refractivity contribution in [3.63, 3.8) is 0 Å². The minimum atomic E-state index is -0.370. The monoisotopic (exact) mass is 533 g/mol. The first-order valence-electron chi connectivity index (χ1n) is 12.3. The number of benzene rings is 2. The number of carbonyl (C=O) groups excluding carboxylic acids is 2. The molecule has 1 amide bonds. The van der Waals surface area contributed by atoms with Gasteiger partial charge < -0.3 is 10.1 Å². The van der Waals surface area contributed by atoms with Gasteiger partial charge in [0.2, 0.25) is 11.1 Å². The van der Waals surface area contributed by atoms with Crippen molar-refractivity contribution in [2.45, 2.75) is 43.7 Å². The standard InChI is InChI=1S/C27H27N5O3S2/c1-2-35-26(34)24-21-14-13-19(18-9-5-3-6-10-18)17-22(21)37-25(24)28-23(33)15-16-36-27-29-30-31-32(27)20-11-7-4-8-12-20/h3-12,19H,2,13-17H2,1H3,(H,28,33). The van der Waals surface area contributed by atoms with Crippen LogP contribution in [-0.2, 0) is 22.4 Å². The van der Waals surface area contributed by atoms with Crippen molar-refractivity contribution in [1.29, 1.82) is 0 Å². The maximum Gasteiger partial charge on any atom is 0.341 e. The van der Waals surface area contributed by atoms with Crippen molar-refractivity contribution >= 4 is 40.0 Å². The minimum absolute atomic E-state index is 0.157. The highest BCUT2D eigenvalue weighted by atomic mass is 32.2. The Morgan fingerprint density at radius 3 is 2.65 bits per heavy atom. The van der Waals surface area contributed by atoms with Crippen molar-refractivity contribution in [2.75, 3.05) is 17.7 Å². The van der Waals surface area contributed by atoms with E-state index >= 15 is 0 Å². The molecule has 5 rings (SSSR count). The van der Waals surface area contributed by atoms with Crippen molar-refractivity contribution in [2.24, 2.45) is 0 Å². The normalized spacial score (nSPS) is 14.7. The average molecular weight is 534 g/mol. The van der Waals surface area contributed by atoms with Gasteiger partial charge in [-0.25, -0.2) is 4.79 Å². The zero-order valence-electron chi connectivity index (χ0n) is 20.4. The lowest BCUT2D eigenvalue weighted by atomic mass is 9.83. The molecule has 0 saturated carbocycles. The first kappa shape index (κ1) is 25.2. The van der Waals surface area contributed by atoms with Gasteiger partial charge in [-0.3, -0.25) is 4.79 Å². The third kappa shape index (κ3) is 5.75. The van der Waals surface area contributed by atoms with Gasteiger partial charge in [0.15, 0.2) is 0 Å². The van der Waals surface area contributed by atoms with E-state index in [-0.39, 0.29) is 24.9 Å². The number of tetrazole rings is 1. The maximum absolute atomic E-state index is 12.9. The zero-order chi connectivity index (χ0) is 25.6. The van der Waals surface area contributed by atoms with E-state index in [1.54, 1.807) is 11.6 Å². The van der Waals surface area contributed by atoms with Crippen LogP contribution in [0.5, 0.6) is 0 Å². The Hall–Kier alpha value is -3.50. The van der Waals surface area contributed by atoms with Crippen molar-refractivity contribution in [3.05, 3.63) is 82.2 Å². The number of anilines is 1. The molecule has 8 nitrogen and oxygen atoms in total. The van der Waals surface area contributed by atoms with Gasteiger partial charge in [0.05, 0.1) is 17.9 Å². The molecule has 0 radical (unpaired) electrons. The van der Waals surface area contributed by atoms with Crippen LogP contribution < -0.4 is 5.32 Å². The molecule has 0 spiro atoms. The first-order chi connectivity index (χ1) is 18.1. The van der Waals surface area contributed by atoms with Crippen LogP contribution in [0.3, 0.4) is 0 Å². The number of fused-ring (bicyclic) bond motifs is 1. The van der Waals surface area contributed by atoms with Crippen LogP contribution in [0.1, 0.15) is 52.0 Å². The molecule has 2 heterocycles. The predicted molar refractivity (Wildman–Crippen MR) is 145 cm³/mol. The predicted octanol–water partition coefficient (Wildman–Crippen LogP) is 5.29. The number of hydrogen-bond acceptors (Lipinski definition) is 8. The number of thiophene rings is 1. The largest absolute Gasteiger partial charge is 0.462 e. The smallest absolute Gasteiger partial charge is 0.341 e. The Morgan fingerprint density at radius 2 is 1.89 bits per heavy atom. The topological polar surface area (TPSA) is 99.0 Å². The molecule has 1 aliphatic rings. The summed E-state index contributed by atoms with van der Waals surface area (Å²) in [5.74, 6) is 0.368. The fraction of sp³-hybridized carbons (Fsp3) is 0.296. The molecule has 1 atom stereocenters. The molecule has 0 saturated heterocycles. The number of hydrogen-bond donors (Lipinski definition) is 1. The van der Waals surface area contributed by atoms with Crippen molar-refractivity contribution < 1.29 is 14.3 Å². The third-order valence-electron chi connectivity index (χ3n) is 6.27. The lowest BCUT2D eigenvalue weighted by Gasteiger charge is -2.23. The SMILES string of the molecule is CCOC(=O)c1c(NC(=O)CCSc2nnnn2-c2ccccc2)sc2c1CCC(c1ccccc1)C2. The highest BCUT2D eigenvalue weighted by molar-refractivity contribution is 7.99. The second-order valence-electron chi connectivity index (χ2n) is 8.63. The minimum Gasteiger partial charge on any atom is -0.462 e. The Balaban J connectivity index is 1.27. The molecule has 0 aliphatic heterocycles. The molecule has 1 N–H and O–H groups in total. The summed E-state index contributed by atoms with van der Waals surface area (Å²) in [6.45, 7) is 2.08. The van der Waals surface area contributed by atoms with Crippen LogP contribution in [0.2, 0.25) is 0 Å². The van der Waals surface area contributed by atoms with Gasteiger partial charge in [0.1, 0.15) is 5.00 Å². The summed E-state index contributed by atoms with van der Waals surface area (Å²) >= 11 is 2.91. The fourth-order valence-electron chi connectivity index (χ4n) is 4.53. The number of amides is 1. The van der Waals surface area contributed by atoms with Crippen LogP contribution in [-0.4, -0.2) is 44.4 Å². The van der Waals surface area contributed by atoms with E-state index in [0.717, 1.165) is 35.4 Å². The van der Waals surface area contributed by atoms with Gasteiger partial charge in [-0.2, -0.15) is 4.68 Å². The molecule has 1 aliphatic carbocycles. The summed E-state index contributed by atoms with van der Waals surface area (Å²) in [7, 11) is 0. The van der Waals surface area contributed by atoms with E-state index in [0.29, 0.717) is 27.4 Å². The Morgan fingerprint density at radius 1 is 1.14 bits per heavy atom. The molecule has 2 aromatic heterocycles. The molecular weight excluding hydrogens is 506 g/mol. The summed E-state index contributed by atoms with van der Waals surface area (Å²) in [5, 5.41) is 16.1. The Labute approximate surface area is 223 Å². The second-order valence-corrected chi connectivity index (χ2v) is 10.8. The molecule has 190 valence electrons. The molecule has 2 aromatic carbocycles. The van der Waals surface area contributed by atoms with Crippen LogP contribution >= 0.6 is 23.1 Å². The highest BCUT2D eigenvalue weighted by Gasteiger charge is 2.30. The number of nitrogens with one attached hydrogen (secondary N) is 1. The van der Waals surface area contributed by atoms with E-state index in [2.05, 4.69) is 45.1 Å². The molecule has 1 unspecified atom stereocenters. The quantitative estimate of drug-likeness (QED) is 0.230. The van der Waals surface area contributed by atoms with E-state index in [9.17, 15) is 9.59 Å². The average Bonchev–Trinajstić information content (AvgIpc) is 3.53. The lowest BCUT2D eigenvalue weighted by molar-refractivity contribution is -0.115. The van der Waals surface area contributed by atoms with Gasteiger partial charge in [0.25, 0.3) is 0 Å². The van der Waals surface area contributed by atoms with E-state index in [1.807, 2.05) is 36.4 Å². The molecule has 0 fully saturated rings. The first-order valence-corrected chi connectivity index (χ1v) is 14.1. The number of aromatic nitrogens is 4. The van der Waals surface area contributed by atoms with Gasteiger partial charge in [-0.1, -0.05) is 60.3 Å². The van der Waals surface area contributed by atoms with E-state index < -0.39 is 0 Å². The van der Waals surface area contributed by atoms with Crippen LogP contribution in [0.15, 0.2) is 65.8 Å². The lowest BCUT2D eigenvalue weighted by Crippen LogP contribution is -2.17. The van der Waals surface area contributed by atoms with E-state index in [1.165, 1.54) is 28.7 Å². The Bertz CT molecular complexity index is 1370. The molecule has 4 aromatic rings. The highest BCUT2D eigenvalue weighted by Crippen LogP contribution is 2.43. The van der Waals surface area contributed by atoms with Crippen molar-refractivity contribution in [1.82, 2.24) is 20.2 Å². The Kier molecular flexibility index (Phi) is 7.96. The number of esters is 1. The van der Waals surface area contributed by atoms with Crippen LogP contribution in [0.4, 0.5) is 5.00 Å². The molecule has 0 bridgehead atoms. The number of para-hydroxylation sites is 1. The van der Waals surface area contributed by atoms with Gasteiger partial charge in [-0.05, 0) is 65.8 Å². The number of thioether (sulfide) groups is 1. The van der Waals surface area contributed by atoms with Crippen LogP contribution in [0.25, 0.3) is 5.69 Å². The fourth-order valence-corrected chi connectivity index (χ4v) is 6.69.